The fraction of sp³-hybridized carbons (Fsp3) is 0.0435. The standard InChI is InChI=1S/C23H16N2OS/c24-15-18-13-7-8-14-19(18)22(27)23-25-20(16-9-3-1-4-10-16)21(26-23)17-11-5-2-6-12-17/h1-14,22,27H. The molecule has 3 nitrogen and oxygen atoms in total. The van der Waals surface area contributed by atoms with Gasteiger partial charge in [0.15, 0.2) is 5.76 Å². The summed E-state index contributed by atoms with van der Waals surface area (Å²) in [5.41, 5.74) is 4.04. The van der Waals surface area contributed by atoms with Crippen molar-refractivity contribution >= 4 is 12.6 Å². The normalized spacial score (nSPS) is 11.7. The molecule has 1 atom stereocenters. The molecule has 0 radical (unpaired) electrons. The number of nitriles is 1. The van der Waals surface area contributed by atoms with Gasteiger partial charge in [0.05, 0.1) is 11.6 Å². The minimum Gasteiger partial charge on any atom is -0.438 e. The summed E-state index contributed by atoms with van der Waals surface area (Å²) in [5.74, 6) is 1.17. The van der Waals surface area contributed by atoms with E-state index in [1.807, 2.05) is 78.9 Å². The molecule has 27 heavy (non-hydrogen) atoms. The van der Waals surface area contributed by atoms with Gasteiger partial charge in [-0.1, -0.05) is 78.9 Å². The van der Waals surface area contributed by atoms with Gasteiger partial charge in [-0.05, 0) is 11.6 Å². The van der Waals surface area contributed by atoms with E-state index in [9.17, 15) is 5.26 Å². The van der Waals surface area contributed by atoms with Crippen LogP contribution >= 0.6 is 12.6 Å². The minimum absolute atomic E-state index is 0.430. The fourth-order valence-electron chi connectivity index (χ4n) is 3.00. The van der Waals surface area contributed by atoms with Crippen LogP contribution in [0.3, 0.4) is 0 Å². The Labute approximate surface area is 163 Å². The molecule has 4 heteroatoms. The van der Waals surface area contributed by atoms with Gasteiger partial charge < -0.3 is 4.42 Å². The van der Waals surface area contributed by atoms with Gasteiger partial charge in [-0.2, -0.15) is 17.9 Å². The maximum Gasteiger partial charge on any atom is 0.212 e. The molecule has 3 aromatic carbocycles. The molecule has 4 rings (SSSR count). The third-order valence-electron chi connectivity index (χ3n) is 4.34. The summed E-state index contributed by atoms with van der Waals surface area (Å²) in [6, 6.07) is 29.4. The molecule has 1 heterocycles. The Morgan fingerprint density at radius 3 is 2.07 bits per heavy atom. The molecule has 0 saturated heterocycles. The van der Waals surface area contributed by atoms with Crippen molar-refractivity contribution in [3.05, 3.63) is 102 Å². The lowest BCUT2D eigenvalue weighted by Gasteiger charge is -2.08. The van der Waals surface area contributed by atoms with Crippen molar-refractivity contribution in [2.24, 2.45) is 0 Å². The van der Waals surface area contributed by atoms with E-state index >= 15 is 0 Å². The Balaban J connectivity index is 1.86. The van der Waals surface area contributed by atoms with E-state index < -0.39 is 5.25 Å². The lowest BCUT2D eigenvalue weighted by molar-refractivity contribution is 0.516. The molecule has 0 aliphatic heterocycles. The zero-order chi connectivity index (χ0) is 18.6. The minimum atomic E-state index is -0.430. The highest BCUT2D eigenvalue weighted by Gasteiger charge is 2.23. The molecule has 0 aliphatic carbocycles. The summed E-state index contributed by atoms with van der Waals surface area (Å²) in [6.07, 6.45) is 0. The molecule has 4 aromatic rings. The third kappa shape index (κ3) is 3.38. The van der Waals surface area contributed by atoms with Gasteiger partial charge in [0.2, 0.25) is 5.89 Å². The molecular formula is C23H16N2OS. The van der Waals surface area contributed by atoms with Gasteiger partial charge in [0, 0.05) is 11.1 Å². The van der Waals surface area contributed by atoms with E-state index in [1.54, 1.807) is 6.07 Å². The zero-order valence-electron chi connectivity index (χ0n) is 14.4. The summed E-state index contributed by atoms with van der Waals surface area (Å²) in [7, 11) is 0. The van der Waals surface area contributed by atoms with Gasteiger partial charge in [0.1, 0.15) is 10.9 Å². The van der Waals surface area contributed by atoms with Crippen molar-refractivity contribution in [1.82, 2.24) is 4.98 Å². The van der Waals surface area contributed by atoms with E-state index in [4.69, 9.17) is 22.0 Å². The highest BCUT2D eigenvalue weighted by atomic mass is 32.1. The van der Waals surface area contributed by atoms with Crippen molar-refractivity contribution in [2.75, 3.05) is 0 Å². The van der Waals surface area contributed by atoms with Crippen LogP contribution in [0.1, 0.15) is 22.3 Å². The van der Waals surface area contributed by atoms with Crippen LogP contribution in [0, 0.1) is 11.3 Å². The van der Waals surface area contributed by atoms with Crippen molar-refractivity contribution < 1.29 is 4.42 Å². The third-order valence-corrected chi connectivity index (χ3v) is 4.84. The fourth-order valence-corrected chi connectivity index (χ4v) is 3.34. The number of rotatable bonds is 4. The molecule has 1 aromatic heterocycles. The Hall–Kier alpha value is -3.29. The Kier molecular flexibility index (Phi) is 4.78. The molecule has 0 N–H and O–H groups in total. The molecule has 0 saturated carbocycles. The van der Waals surface area contributed by atoms with E-state index in [0.717, 1.165) is 22.4 Å². The summed E-state index contributed by atoms with van der Waals surface area (Å²) in [6.45, 7) is 0. The van der Waals surface area contributed by atoms with Crippen LogP contribution in [0.4, 0.5) is 0 Å². The predicted octanol–water partition coefficient (Wildman–Crippen LogP) is 5.90. The number of benzene rings is 3. The van der Waals surface area contributed by atoms with Crippen LogP contribution < -0.4 is 0 Å². The monoisotopic (exact) mass is 368 g/mol. The number of oxazole rings is 1. The van der Waals surface area contributed by atoms with Gasteiger partial charge >= 0.3 is 0 Å². The maximum absolute atomic E-state index is 9.40. The smallest absolute Gasteiger partial charge is 0.212 e. The summed E-state index contributed by atoms with van der Waals surface area (Å²) in [4.78, 5) is 4.76. The second-order valence-corrected chi connectivity index (χ2v) is 6.58. The van der Waals surface area contributed by atoms with Gasteiger partial charge in [0.25, 0.3) is 0 Å². The Morgan fingerprint density at radius 1 is 0.815 bits per heavy atom. The average Bonchev–Trinajstić information content (AvgIpc) is 3.20. The average molecular weight is 368 g/mol. The lowest BCUT2D eigenvalue weighted by Crippen LogP contribution is -1.97. The van der Waals surface area contributed by atoms with Crippen LogP contribution in [0.25, 0.3) is 22.6 Å². The van der Waals surface area contributed by atoms with E-state index in [2.05, 4.69) is 6.07 Å². The summed E-state index contributed by atoms with van der Waals surface area (Å²) >= 11 is 4.71. The maximum atomic E-state index is 9.40. The highest BCUT2D eigenvalue weighted by Crippen LogP contribution is 2.38. The number of hydrogen-bond acceptors (Lipinski definition) is 4. The number of aromatic nitrogens is 1. The van der Waals surface area contributed by atoms with Crippen LogP contribution in [-0.4, -0.2) is 4.98 Å². The predicted molar refractivity (Wildman–Crippen MR) is 109 cm³/mol. The topological polar surface area (TPSA) is 49.8 Å². The Morgan fingerprint density at radius 2 is 1.41 bits per heavy atom. The van der Waals surface area contributed by atoms with Gasteiger partial charge in [-0.3, -0.25) is 0 Å². The number of thiol groups is 1. The van der Waals surface area contributed by atoms with Crippen molar-refractivity contribution in [2.45, 2.75) is 5.25 Å². The first-order valence-corrected chi connectivity index (χ1v) is 9.08. The summed E-state index contributed by atoms with van der Waals surface area (Å²) in [5, 5.41) is 8.97. The first-order chi connectivity index (χ1) is 13.3. The molecule has 0 bridgehead atoms. The Bertz CT molecular complexity index is 1040. The molecule has 0 aliphatic rings. The molecule has 0 amide bonds. The van der Waals surface area contributed by atoms with E-state index in [-0.39, 0.29) is 0 Å². The molecule has 130 valence electrons. The molecular weight excluding hydrogens is 352 g/mol. The number of hydrogen-bond donors (Lipinski definition) is 1. The van der Waals surface area contributed by atoms with Crippen LogP contribution in [0.15, 0.2) is 89.3 Å². The van der Waals surface area contributed by atoms with Gasteiger partial charge in [-0.25, -0.2) is 4.98 Å². The van der Waals surface area contributed by atoms with Crippen molar-refractivity contribution in [1.29, 1.82) is 5.26 Å². The van der Waals surface area contributed by atoms with Gasteiger partial charge in [-0.15, -0.1) is 0 Å². The highest BCUT2D eigenvalue weighted by molar-refractivity contribution is 7.80. The van der Waals surface area contributed by atoms with Crippen molar-refractivity contribution in [3.8, 4) is 28.7 Å². The lowest BCUT2D eigenvalue weighted by atomic mass is 10.1. The summed E-state index contributed by atoms with van der Waals surface area (Å²) < 4.78 is 6.17. The van der Waals surface area contributed by atoms with Crippen LogP contribution in [0.5, 0.6) is 0 Å². The van der Waals surface area contributed by atoms with Crippen LogP contribution in [0.2, 0.25) is 0 Å². The molecule has 0 spiro atoms. The SMILES string of the molecule is N#Cc1ccccc1C(S)c1nc(-c2ccccc2)c(-c2ccccc2)o1. The van der Waals surface area contributed by atoms with E-state index in [0.29, 0.717) is 17.2 Å². The molecule has 0 fully saturated rings. The molecule has 1 unspecified atom stereocenters. The first kappa shape index (κ1) is 17.1. The first-order valence-electron chi connectivity index (χ1n) is 8.56. The van der Waals surface area contributed by atoms with Crippen molar-refractivity contribution in [3.63, 3.8) is 0 Å². The number of nitrogens with zero attached hydrogens (tertiary/aromatic N) is 2. The largest absolute Gasteiger partial charge is 0.438 e. The van der Waals surface area contributed by atoms with E-state index in [1.165, 1.54) is 0 Å². The quantitative estimate of drug-likeness (QED) is 0.456. The zero-order valence-corrected chi connectivity index (χ0v) is 15.3. The van der Waals surface area contributed by atoms with Crippen LogP contribution in [-0.2, 0) is 0 Å². The second-order valence-electron chi connectivity index (χ2n) is 6.06. The second kappa shape index (κ2) is 7.53.